The van der Waals surface area contributed by atoms with Crippen LogP contribution in [0.3, 0.4) is 0 Å². The van der Waals surface area contributed by atoms with Crippen molar-refractivity contribution in [2.45, 2.75) is 25.8 Å². The predicted molar refractivity (Wildman–Crippen MR) is 95.6 cm³/mol. The van der Waals surface area contributed by atoms with Crippen LogP contribution in [0.4, 0.5) is 4.79 Å². The van der Waals surface area contributed by atoms with E-state index in [0.29, 0.717) is 32.7 Å². The Bertz CT molecular complexity index is 672. The summed E-state index contributed by atoms with van der Waals surface area (Å²) < 4.78 is 5.79. The van der Waals surface area contributed by atoms with Crippen molar-refractivity contribution in [3.63, 3.8) is 0 Å². The number of nitrogens with zero attached hydrogens (tertiary/aromatic N) is 3. The third-order valence-corrected chi connectivity index (χ3v) is 5.05. The Hall–Kier alpha value is -2.24. The first kappa shape index (κ1) is 17.6. The van der Waals surface area contributed by atoms with E-state index in [-0.39, 0.29) is 17.9 Å². The minimum Gasteiger partial charge on any atom is -0.492 e. The highest BCUT2D eigenvalue weighted by Crippen LogP contribution is 2.30. The van der Waals surface area contributed by atoms with Crippen LogP contribution in [0, 0.1) is 5.92 Å². The minimum absolute atomic E-state index is 0.00454. The van der Waals surface area contributed by atoms with Crippen LogP contribution in [-0.4, -0.2) is 72.5 Å². The number of carbonyl (C=O) groups excluding carboxylic acids is 2. The Kier molecular flexibility index (Phi) is 4.62. The molecule has 6 nitrogen and oxygen atoms in total. The van der Waals surface area contributed by atoms with Crippen LogP contribution < -0.4 is 4.74 Å². The first-order valence-corrected chi connectivity index (χ1v) is 8.78. The summed E-state index contributed by atoms with van der Waals surface area (Å²) in [5.41, 5.74) is 0.698. The fourth-order valence-corrected chi connectivity index (χ4v) is 3.72. The van der Waals surface area contributed by atoms with Crippen molar-refractivity contribution in [1.82, 2.24) is 14.7 Å². The van der Waals surface area contributed by atoms with Gasteiger partial charge >= 0.3 is 6.03 Å². The first-order chi connectivity index (χ1) is 11.8. The van der Waals surface area contributed by atoms with Crippen LogP contribution in [0.2, 0.25) is 0 Å². The molecule has 1 atom stereocenters. The molecule has 2 heterocycles. The second-order valence-electron chi connectivity index (χ2n) is 7.72. The van der Waals surface area contributed by atoms with Crippen LogP contribution in [0.25, 0.3) is 0 Å². The van der Waals surface area contributed by atoms with E-state index in [9.17, 15) is 9.59 Å². The number of amides is 3. The number of rotatable bonds is 1. The second-order valence-corrected chi connectivity index (χ2v) is 7.72. The molecule has 25 heavy (non-hydrogen) atoms. The van der Waals surface area contributed by atoms with E-state index in [4.69, 9.17) is 4.74 Å². The highest BCUT2D eigenvalue weighted by atomic mass is 16.5. The predicted octanol–water partition coefficient (Wildman–Crippen LogP) is 1.84. The lowest BCUT2D eigenvalue weighted by Crippen LogP contribution is -2.64. The number of para-hydroxylation sites is 1. The number of hydrogen-bond acceptors (Lipinski definition) is 3. The molecule has 1 fully saturated rings. The van der Waals surface area contributed by atoms with Crippen molar-refractivity contribution < 1.29 is 14.3 Å². The molecule has 6 heteroatoms. The van der Waals surface area contributed by atoms with Gasteiger partial charge in [0.1, 0.15) is 12.4 Å². The average Bonchev–Trinajstić information content (AvgIpc) is 2.59. The van der Waals surface area contributed by atoms with Gasteiger partial charge < -0.3 is 19.4 Å². The molecule has 2 aliphatic heterocycles. The maximum absolute atomic E-state index is 13.1. The van der Waals surface area contributed by atoms with Crippen LogP contribution in [-0.2, 0) is 11.2 Å². The molecular weight excluding hydrogens is 318 g/mol. The van der Waals surface area contributed by atoms with E-state index in [2.05, 4.69) is 0 Å². The van der Waals surface area contributed by atoms with Gasteiger partial charge in [-0.05, 0) is 31.9 Å². The zero-order valence-corrected chi connectivity index (χ0v) is 15.5. The zero-order valence-electron chi connectivity index (χ0n) is 15.5. The molecule has 2 aliphatic rings. The number of hydrogen-bond donors (Lipinski definition) is 0. The lowest BCUT2D eigenvalue weighted by Gasteiger charge is -2.48. The van der Waals surface area contributed by atoms with Gasteiger partial charge in [0.15, 0.2) is 0 Å². The Morgan fingerprint density at radius 3 is 2.60 bits per heavy atom. The SMILES string of the molecule is CN(C)C(=O)N1CCN(C(=O)C2COc3ccccc3C2)C(C)(C)C1. The quantitative estimate of drug-likeness (QED) is 0.780. The number of carbonyl (C=O) groups is 2. The summed E-state index contributed by atoms with van der Waals surface area (Å²) in [4.78, 5) is 30.7. The molecule has 0 radical (unpaired) electrons. The molecule has 0 bridgehead atoms. The molecule has 1 saturated heterocycles. The van der Waals surface area contributed by atoms with E-state index in [1.54, 1.807) is 19.0 Å². The summed E-state index contributed by atoms with van der Waals surface area (Å²) in [6, 6.07) is 7.89. The van der Waals surface area contributed by atoms with Gasteiger partial charge in [-0.3, -0.25) is 4.79 Å². The molecule has 3 amide bonds. The summed E-state index contributed by atoms with van der Waals surface area (Å²) in [6.45, 7) is 6.14. The Balaban J connectivity index is 1.70. The van der Waals surface area contributed by atoms with Crippen molar-refractivity contribution in [1.29, 1.82) is 0 Å². The van der Waals surface area contributed by atoms with Crippen molar-refractivity contribution in [3.05, 3.63) is 29.8 Å². The fraction of sp³-hybridized carbons (Fsp3) is 0.579. The highest BCUT2D eigenvalue weighted by Gasteiger charge is 2.41. The van der Waals surface area contributed by atoms with Gasteiger partial charge in [-0.1, -0.05) is 18.2 Å². The number of piperazine rings is 1. The van der Waals surface area contributed by atoms with Gasteiger partial charge in [0, 0.05) is 33.7 Å². The molecule has 136 valence electrons. The van der Waals surface area contributed by atoms with Crippen molar-refractivity contribution in [2.75, 3.05) is 40.3 Å². The lowest BCUT2D eigenvalue weighted by atomic mass is 9.91. The van der Waals surface area contributed by atoms with Crippen LogP contribution in [0.15, 0.2) is 24.3 Å². The monoisotopic (exact) mass is 345 g/mol. The van der Waals surface area contributed by atoms with Crippen molar-refractivity contribution >= 4 is 11.9 Å². The molecule has 0 aromatic heterocycles. The van der Waals surface area contributed by atoms with Crippen LogP contribution in [0.5, 0.6) is 5.75 Å². The molecule has 0 N–H and O–H groups in total. The average molecular weight is 345 g/mol. The molecule has 1 unspecified atom stereocenters. The minimum atomic E-state index is -0.391. The van der Waals surface area contributed by atoms with Gasteiger partial charge in [0.2, 0.25) is 5.91 Å². The topological polar surface area (TPSA) is 53.1 Å². The zero-order chi connectivity index (χ0) is 18.2. The van der Waals surface area contributed by atoms with Crippen molar-refractivity contribution in [2.24, 2.45) is 5.92 Å². The number of benzene rings is 1. The molecule has 0 spiro atoms. The molecule has 1 aromatic rings. The smallest absolute Gasteiger partial charge is 0.319 e. The number of ether oxygens (including phenoxy) is 1. The highest BCUT2D eigenvalue weighted by molar-refractivity contribution is 5.81. The third kappa shape index (κ3) is 3.43. The Morgan fingerprint density at radius 1 is 1.20 bits per heavy atom. The van der Waals surface area contributed by atoms with E-state index in [0.717, 1.165) is 11.3 Å². The van der Waals surface area contributed by atoms with Crippen LogP contribution in [0.1, 0.15) is 19.4 Å². The first-order valence-electron chi connectivity index (χ1n) is 8.78. The van der Waals surface area contributed by atoms with Gasteiger partial charge in [0.05, 0.1) is 11.5 Å². The molecular formula is C19H27N3O3. The van der Waals surface area contributed by atoms with Gasteiger partial charge in [-0.2, -0.15) is 0 Å². The number of urea groups is 1. The standard InChI is InChI=1S/C19H27N3O3/c1-19(2)13-21(18(24)20(3)4)9-10-22(19)17(23)15-11-14-7-5-6-8-16(14)25-12-15/h5-8,15H,9-13H2,1-4H3. The van der Waals surface area contributed by atoms with E-state index >= 15 is 0 Å². The normalized spacial score (nSPS) is 22.0. The van der Waals surface area contributed by atoms with Gasteiger partial charge in [0.25, 0.3) is 0 Å². The molecule has 0 aliphatic carbocycles. The Morgan fingerprint density at radius 2 is 1.92 bits per heavy atom. The third-order valence-electron chi connectivity index (χ3n) is 5.05. The fourth-order valence-electron chi connectivity index (χ4n) is 3.72. The summed E-state index contributed by atoms with van der Waals surface area (Å²) >= 11 is 0. The van der Waals surface area contributed by atoms with Crippen molar-refractivity contribution in [3.8, 4) is 5.75 Å². The molecule has 3 rings (SSSR count). The molecule has 0 saturated carbocycles. The second kappa shape index (κ2) is 6.58. The maximum Gasteiger partial charge on any atom is 0.319 e. The summed E-state index contributed by atoms with van der Waals surface area (Å²) in [5.74, 6) is 0.842. The number of fused-ring (bicyclic) bond motifs is 1. The molecule has 1 aromatic carbocycles. The maximum atomic E-state index is 13.1. The van der Waals surface area contributed by atoms with E-state index < -0.39 is 5.54 Å². The van der Waals surface area contributed by atoms with Gasteiger partial charge in [-0.15, -0.1) is 0 Å². The van der Waals surface area contributed by atoms with E-state index in [1.165, 1.54) is 0 Å². The lowest BCUT2D eigenvalue weighted by molar-refractivity contribution is -0.145. The Labute approximate surface area is 149 Å². The summed E-state index contributed by atoms with van der Waals surface area (Å²) in [5, 5.41) is 0. The summed E-state index contributed by atoms with van der Waals surface area (Å²) in [6.07, 6.45) is 0.710. The van der Waals surface area contributed by atoms with Gasteiger partial charge in [-0.25, -0.2) is 4.79 Å². The summed E-state index contributed by atoms with van der Waals surface area (Å²) in [7, 11) is 3.51. The van der Waals surface area contributed by atoms with E-state index in [1.807, 2.05) is 47.9 Å². The van der Waals surface area contributed by atoms with Crippen LogP contribution >= 0.6 is 0 Å². The largest absolute Gasteiger partial charge is 0.492 e.